The molecule has 1 unspecified atom stereocenters. The fraction of sp³-hybridized carbons (Fsp3) is 0.600. The monoisotopic (exact) mass is 248 g/mol. The molecule has 3 heteroatoms. The molecule has 3 nitrogen and oxygen atoms in total. The molecular weight excluding hydrogens is 224 g/mol. The van der Waals surface area contributed by atoms with Gasteiger partial charge in [-0.15, -0.1) is 0 Å². The van der Waals surface area contributed by atoms with E-state index in [0.717, 1.165) is 18.2 Å². The van der Waals surface area contributed by atoms with Crippen LogP contribution in [0.4, 0.5) is 0 Å². The van der Waals surface area contributed by atoms with E-state index in [4.69, 9.17) is 10.5 Å². The summed E-state index contributed by atoms with van der Waals surface area (Å²) in [5.74, 6) is 0.906. The number of ether oxygens (including phenoxy) is 1. The minimum absolute atomic E-state index is 0.0513. The quantitative estimate of drug-likeness (QED) is 0.837. The van der Waals surface area contributed by atoms with Gasteiger partial charge in [-0.05, 0) is 50.9 Å². The molecule has 18 heavy (non-hydrogen) atoms. The molecule has 0 radical (unpaired) electrons. The molecule has 0 aromatic heterocycles. The molecule has 1 aromatic rings. The van der Waals surface area contributed by atoms with Crippen molar-refractivity contribution in [3.63, 3.8) is 0 Å². The van der Waals surface area contributed by atoms with Crippen molar-refractivity contribution in [1.82, 2.24) is 4.90 Å². The van der Waals surface area contributed by atoms with Gasteiger partial charge in [0.05, 0.1) is 7.11 Å². The number of hydrogen-bond acceptors (Lipinski definition) is 3. The number of likely N-dealkylation sites (N-methyl/N-ethyl adjacent to an activating group) is 1. The highest BCUT2D eigenvalue weighted by Gasteiger charge is 2.37. The predicted molar refractivity (Wildman–Crippen MR) is 74.9 cm³/mol. The second-order valence-electron chi connectivity index (χ2n) is 5.57. The first-order valence-corrected chi connectivity index (χ1v) is 6.65. The van der Waals surface area contributed by atoms with Crippen molar-refractivity contribution in [1.29, 1.82) is 0 Å². The van der Waals surface area contributed by atoms with Crippen LogP contribution in [0.1, 0.15) is 25.3 Å². The Morgan fingerprint density at radius 2 is 1.94 bits per heavy atom. The van der Waals surface area contributed by atoms with Crippen molar-refractivity contribution in [2.45, 2.75) is 37.8 Å². The average Bonchev–Trinajstić information content (AvgIpc) is 3.23. The van der Waals surface area contributed by atoms with Gasteiger partial charge in [-0.1, -0.05) is 12.1 Å². The smallest absolute Gasteiger partial charge is 0.118 e. The van der Waals surface area contributed by atoms with Crippen LogP contribution in [0, 0.1) is 0 Å². The molecule has 0 heterocycles. The molecule has 1 fully saturated rings. The van der Waals surface area contributed by atoms with E-state index in [-0.39, 0.29) is 5.54 Å². The third kappa shape index (κ3) is 2.85. The van der Waals surface area contributed by atoms with E-state index in [9.17, 15) is 0 Å². The summed E-state index contributed by atoms with van der Waals surface area (Å²) in [7, 11) is 3.90. The molecule has 1 aliphatic rings. The topological polar surface area (TPSA) is 38.5 Å². The zero-order valence-corrected chi connectivity index (χ0v) is 11.6. The van der Waals surface area contributed by atoms with Crippen LogP contribution in [0.15, 0.2) is 24.3 Å². The number of methoxy groups -OCH3 is 1. The Morgan fingerprint density at radius 1 is 1.33 bits per heavy atom. The summed E-state index contributed by atoms with van der Waals surface area (Å²) in [6.07, 6.45) is 3.61. The summed E-state index contributed by atoms with van der Waals surface area (Å²) in [5.41, 5.74) is 7.38. The minimum atomic E-state index is 0.0513. The van der Waals surface area contributed by atoms with Gasteiger partial charge in [0.15, 0.2) is 0 Å². The normalized spacial score (nSPS) is 18.7. The van der Waals surface area contributed by atoms with Crippen molar-refractivity contribution in [3.8, 4) is 5.75 Å². The van der Waals surface area contributed by atoms with Gasteiger partial charge in [0.25, 0.3) is 0 Å². The summed E-state index contributed by atoms with van der Waals surface area (Å²) in [6.45, 7) is 2.95. The Balaban J connectivity index is 2.08. The molecule has 0 amide bonds. The molecule has 1 saturated carbocycles. The first kappa shape index (κ1) is 13.4. The number of rotatable bonds is 6. The van der Waals surface area contributed by atoms with Crippen LogP contribution < -0.4 is 10.5 Å². The summed E-state index contributed by atoms with van der Waals surface area (Å²) in [6, 6.07) is 9.03. The molecule has 0 aliphatic heterocycles. The molecule has 100 valence electrons. The third-order valence-corrected chi connectivity index (χ3v) is 4.13. The van der Waals surface area contributed by atoms with Crippen molar-refractivity contribution < 1.29 is 4.74 Å². The molecule has 0 spiro atoms. The van der Waals surface area contributed by atoms with Gasteiger partial charge >= 0.3 is 0 Å². The van der Waals surface area contributed by atoms with Crippen LogP contribution in [0.5, 0.6) is 5.75 Å². The Hall–Kier alpha value is -1.06. The van der Waals surface area contributed by atoms with Crippen molar-refractivity contribution >= 4 is 0 Å². The summed E-state index contributed by atoms with van der Waals surface area (Å²) >= 11 is 0. The van der Waals surface area contributed by atoms with Crippen molar-refractivity contribution in [3.05, 3.63) is 29.8 Å². The van der Waals surface area contributed by atoms with Gasteiger partial charge in [-0.25, -0.2) is 0 Å². The second kappa shape index (κ2) is 5.29. The first-order valence-electron chi connectivity index (χ1n) is 6.65. The van der Waals surface area contributed by atoms with Crippen LogP contribution in [0.25, 0.3) is 0 Å². The van der Waals surface area contributed by atoms with E-state index in [1.165, 1.54) is 18.4 Å². The highest BCUT2D eigenvalue weighted by Crippen LogP contribution is 2.32. The lowest BCUT2D eigenvalue weighted by atomic mass is 9.91. The van der Waals surface area contributed by atoms with Gasteiger partial charge in [0.2, 0.25) is 0 Å². The fourth-order valence-electron chi connectivity index (χ4n) is 2.43. The lowest BCUT2D eigenvalue weighted by molar-refractivity contribution is 0.135. The maximum absolute atomic E-state index is 6.01. The van der Waals surface area contributed by atoms with E-state index < -0.39 is 0 Å². The van der Waals surface area contributed by atoms with Crippen LogP contribution >= 0.6 is 0 Å². The summed E-state index contributed by atoms with van der Waals surface area (Å²) < 4.78 is 5.19. The molecule has 2 N–H and O–H groups in total. The highest BCUT2D eigenvalue weighted by molar-refractivity contribution is 5.28. The molecule has 0 saturated heterocycles. The zero-order chi connectivity index (χ0) is 13.2. The lowest BCUT2D eigenvalue weighted by Crippen LogP contribution is -2.52. The molecule has 1 aromatic carbocycles. The molecule has 2 rings (SSSR count). The maximum atomic E-state index is 6.01. The van der Waals surface area contributed by atoms with E-state index in [1.807, 2.05) is 12.1 Å². The number of benzene rings is 1. The number of nitrogens with zero attached hydrogens (tertiary/aromatic N) is 1. The van der Waals surface area contributed by atoms with E-state index in [1.54, 1.807) is 7.11 Å². The Morgan fingerprint density at radius 3 is 2.39 bits per heavy atom. The predicted octanol–water partition coefficient (Wildman–Crippen LogP) is 2.05. The molecule has 1 aliphatic carbocycles. The molecule has 1 atom stereocenters. The highest BCUT2D eigenvalue weighted by atomic mass is 16.5. The minimum Gasteiger partial charge on any atom is -0.497 e. The van der Waals surface area contributed by atoms with Gasteiger partial charge in [-0.3, -0.25) is 4.90 Å². The van der Waals surface area contributed by atoms with E-state index in [0.29, 0.717) is 6.54 Å². The second-order valence-corrected chi connectivity index (χ2v) is 5.57. The van der Waals surface area contributed by atoms with Gasteiger partial charge < -0.3 is 10.5 Å². The summed E-state index contributed by atoms with van der Waals surface area (Å²) in [5, 5.41) is 0. The van der Waals surface area contributed by atoms with Gasteiger partial charge in [-0.2, -0.15) is 0 Å². The SMILES string of the molecule is COc1ccc(CC(C)(CN)N(C)C2CC2)cc1. The van der Waals surface area contributed by atoms with Crippen LogP contribution in [-0.2, 0) is 6.42 Å². The largest absolute Gasteiger partial charge is 0.497 e. The van der Waals surface area contributed by atoms with E-state index >= 15 is 0 Å². The lowest BCUT2D eigenvalue weighted by Gasteiger charge is -2.38. The number of hydrogen-bond donors (Lipinski definition) is 1. The van der Waals surface area contributed by atoms with Crippen molar-refractivity contribution in [2.24, 2.45) is 5.73 Å². The third-order valence-electron chi connectivity index (χ3n) is 4.13. The number of nitrogens with two attached hydrogens (primary N) is 1. The zero-order valence-electron chi connectivity index (χ0n) is 11.6. The maximum Gasteiger partial charge on any atom is 0.118 e. The Kier molecular flexibility index (Phi) is 3.93. The standard InChI is InChI=1S/C15H24N2O/c1-15(11-16,17(2)13-6-7-13)10-12-4-8-14(18-3)9-5-12/h4-5,8-9,13H,6-7,10-11,16H2,1-3H3. The van der Waals surface area contributed by atoms with Gasteiger partial charge in [0, 0.05) is 18.1 Å². The summed E-state index contributed by atoms with van der Waals surface area (Å²) in [4.78, 5) is 2.46. The Labute approximate surface area is 110 Å². The first-order chi connectivity index (χ1) is 8.59. The van der Waals surface area contributed by atoms with Crippen LogP contribution in [0.3, 0.4) is 0 Å². The molecule has 0 bridgehead atoms. The van der Waals surface area contributed by atoms with Gasteiger partial charge in [0.1, 0.15) is 5.75 Å². The Bertz CT molecular complexity index is 386. The van der Waals surface area contributed by atoms with Crippen LogP contribution in [-0.4, -0.2) is 37.2 Å². The molecular formula is C15H24N2O. The van der Waals surface area contributed by atoms with Crippen molar-refractivity contribution in [2.75, 3.05) is 20.7 Å². The van der Waals surface area contributed by atoms with Crippen LogP contribution in [0.2, 0.25) is 0 Å². The fourth-order valence-corrected chi connectivity index (χ4v) is 2.43. The average molecular weight is 248 g/mol. The van der Waals surface area contributed by atoms with E-state index in [2.05, 4.69) is 31.0 Å².